The maximum atomic E-state index is 13.6. The van der Waals surface area contributed by atoms with Gasteiger partial charge in [0.25, 0.3) is 10.0 Å². The van der Waals surface area contributed by atoms with Gasteiger partial charge in [-0.15, -0.1) is 0 Å². The van der Waals surface area contributed by atoms with E-state index < -0.39 is 32.4 Å². The molecular weight excluding hydrogens is 545 g/mol. The van der Waals surface area contributed by atoms with E-state index in [1.807, 2.05) is 0 Å². The third-order valence-electron chi connectivity index (χ3n) is 6.58. The highest BCUT2D eigenvalue weighted by molar-refractivity contribution is 8.24. The van der Waals surface area contributed by atoms with E-state index in [4.69, 9.17) is 4.74 Å². The Kier molecular flexibility index (Phi) is 6.92. The smallest absolute Gasteiger partial charge is 0.416 e. The van der Waals surface area contributed by atoms with E-state index >= 15 is 0 Å². The van der Waals surface area contributed by atoms with Crippen LogP contribution in [-0.2, 0) is 16.2 Å². The number of ether oxygens (including phenoxy) is 1. The molecule has 0 spiro atoms. The summed E-state index contributed by atoms with van der Waals surface area (Å²) in [5, 5.41) is 0. The molecule has 1 fully saturated rings. The molecule has 3 aromatic rings. The molecule has 2 aliphatic rings. The van der Waals surface area contributed by atoms with Gasteiger partial charge in [0.05, 0.1) is 28.6 Å². The van der Waals surface area contributed by atoms with Crippen molar-refractivity contribution in [2.75, 3.05) is 40.8 Å². The van der Waals surface area contributed by atoms with Gasteiger partial charge in [-0.3, -0.25) is 9.11 Å². The van der Waals surface area contributed by atoms with E-state index in [0.29, 0.717) is 29.0 Å². The van der Waals surface area contributed by atoms with Crippen LogP contribution in [0.15, 0.2) is 59.8 Å². The molecule has 0 saturated carbocycles. The molecular formula is C24H25F3N4O5S2. The molecule has 3 heterocycles. The predicted octanol–water partition coefficient (Wildman–Crippen LogP) is 4.78. The summed E-state index contributed by atoms with van der Waals surface area (Å²) in [6.07, 6.45) is -1.27. The summed E-state index contributed by atoms with van der Waals surface area (Å²) in [4.78, 5) is 9.42. The normalized spacial score (nSPS) is 20.2. The number of nitrogens with zero attached hydrogens (tertiary/aromatic N) is 3. The number of nitrogens with one attached hydrogen (secondary N) is 1. The molecule has 204 valence electrons. The van der Waals surface area contributed by atoms with Gasteiger partial charge in [0.1, 0.15) is 5.75 Å². The highest BCUT2D eigenvalue weighted by atomic mass is 32.3. The number of hydrogen-bond acceptors (Lipinski definition) is 8. The van der Waals surface area contributed by atoms with Crippen molar-refractivity contribution < 1.29 is 35.4 Å². The maximum Gasteiger partial charge on any atom is 0.416 e. The van der Waals surface area contributed by atoms with Gasteiger partial charge < -0.3 is 9.64 Å². The standard InChI is InChI=1S/C24H25F3N4O5S2/c25-24(26,27)16-2-4-19(21(14-16)31-9-12-37(32,33)13-10-31)18-6-11-36-22-15-17(3-5-20(18)22)38(34,35)30-23-28-7-1-8-29-23/h1-5,7-8,14-15,18,32-33H,6,9-13H2,(H,28,29,30). The van der Waals surface area contributed by atoms with Gasteiger partial charge in [0, 0.05) is 48.7 Å². The number of aromatic nitrogens is 2. The molecule has 0 amide bonds. The highest BCUT2D eigenvalue weighted by Crippen LogP contribution is 2.47. The van der Waals surface area contributed by atoms with Crippen molar-refractivity contribution in [2.24, 2.45) is 0 Å². The monoisotopic (exact) mass is 570 g/mol. The molecule has 2 aromatic carbocycles. The molecule has 0 bridgehead atoms. The van der Waals surface area contributed by atoms with Crippen LogP contribution in [0.4, 0.5) is 24.8 Å². The summed E-state index contributed by atoms with van der Waals surface area (Å²) in [6, 6.07) is 9.53. The Labute approximate surface area is 219 Å². The fourth-order valence-electron chi connectivity index (χ4n) is 4.65. The first kappa shape index (κ1) is 26.5. The Morgan fingerprint density at radius 3 is 2.39 bits per heavy atom. The highest BCUT2D eigenvalue weighted by Gasteiger charge is 2.35. The molecule has 3 N–H and O–H groups in total. The zero-order valence-corrected chi connectivity index (χ0v) is 21.6. The number of fused-ring (bicyclic) bond motifs is 1. The van der Waals surface area contributed by atoms with Gasteiger partial charge in [-0.05, 0) is 36.2 Å². The number of benzene rings is 2. The lowest BCUT2D eigenvalue weighted by Gasteiger charge is -2.43. The van der Waals surface area contributed by atoms with Crippen molar-refractivity contribution in [3.05, 3.63) is 71.5 Å². The van der Waals surface area contributed by atoms with Gasteiger partial charge in [-0.2, -0.15) is 23.8 Å². The lowest BCUT2D eigenvalue weighted by Crippen LogP contribution is -2.39. The largest absolute Gasteiger partial charge is 0.493 e. The van der Waals surface area contributed by atoms with Crippen LogP contribution in [-0.4, -0.2) is 58.7 Å². The Morgan fingerprint density at radius 2 is 1.71 bits per heavy atom. The summed E-state index contributed by atoms with van der Waals surface area (Å²) in [6.45, 7) is 0.644. The first-order valence-corrected chi connectivity index (χ1v) is 15.1. The number of sulfonamides is 1. The average Bonchev–Trinajstić information content (AvgIpc) is 2.87. The molecule has 2 aliphatic heterocycles. The Hall–Kier alpha value is -3.07. The Bertz CT molecular complexity index is 1430. The molecule has 1 aromatic heterocycles. The van der Waals surface area contributed by atoms with Gasteiger partial charge in [-0.1, -0.05) is 12.1 Å². The number of hydrogen-bond donors (Lipinski definition) is 3. The van der Waals surface area contributed by atoms with E-state index in [9.17, 15) is 30.7 Å². The number of rotatable bonds is 5. The van der Waals surface area contributed by atoms with Crippen molar-refractivity contribution >= 4 is 32.2 Å². The first-order valence-electron chi connectivity index (χ1n) is 11.7. The summed E-state index contributed by atoms with van der Waals surface area (Å²) >= 11 is 0. The predicted molar refractivity (Wildman–Crippen MR) is 137 cm³/mol. The lowest BCUT2D eigenvalue weighted by molar-refractivity contribution is -0.137. The number of alkyl halides is 3. The van der Waals surface area contributed by atoms with Crippen molar-refractivity contribution in [3.63, 3.8) is 0 Å². The average molecular weight is 571 g/mol. The molecule has 38 heavy (non-hydrogen) atoms. The molecule has 1 unspecified atom stereocenters. The van der Waals surface area contributed by atoms with Crippen molar-refractivity contribution in [3.8, 4) is 5.75 Å². The minimum Gasteiger partial charge on any atom is -0.493 e. The van der Waals surface area contributed by atoms with E-state index in [1.54, 1.807) is 17.0 Å². The zero-order valence-electron chi connectivity index (χ0n) is 19.9. The van der Waals surface area contributed by atoms with Crippen molar-refractivity contribution in [2.45, 2.75) is 23.4 Å². The van der Waals surface area contributed by atoms with Crippen LogP contribution in [0.5, 0.6) is 5.75 Å². The van der Waals surface area contributed by atoms with Gasteiger partial charge in [-0.25, -0.2) is 23.1 Å². The molecule has 9 nitrogen and oxygen atoms in total. The van der Waals surface area contributed by atoms with Crippen LogP contribution in [0.2, 0.25) is 0 Å². The third kappa shape index (κ3) is 5.53. The zero-order chi connectivity index (χ0) is 27.1. The van der Waals surface area contributed by atoms with Crippen LogP contribution in [0.1, 0.15) is 29.0 Å². The summed E-state index contributed by atoms with van der Waals surface area (Å²) < 4.78 is 94.7. The van der Waals surface area contributed by atoms with Crippen molar-refractivity contribution in [1.29, 1.82) is 0 Å². The Morgan fingerprint density at radius 1 is 1.03 bits per heavy atom. The van der Waals surface area contributed by atoms with Crippen molar-refractivity contribution in [1.82, 2.24) is 9.97 Å². The van der Waals surface area contributed by atoms with E-state index in [0.717, 1.165) is 12.1 Å². The minimum absolute atomic E-state index is 0.0711. The second kappa shape index (κ2) is 9.91. The summed E-state index contributed by atoms with van der Waals surface area (Å²) in [7, 11) is -6.77. The molecule has 0 aliphatic carbocycles. The van der Waals surface area contributed by atoms with Crippen LogP contribution >= 0.6 is 10.6 Å². The second-order valence-electron chi connectivity index (χ2n) is 9.04. The fourth-order valence-corrected chi connectivity index (χ4v) is 6.85. The van der Waals surface area contributed by atoms with E-state index in [2.05, 4.69) is 14.7 Å². The maximum absolute atomic E-state index is 13.6. The molecule has 5 rings (SSSR count). The molecule has 14 heteroatoms. The van der Waals surface area contributed by atoms with Gasteiger partial charge in [0.2, 0.25) is 5.95 Å². The Balaban J connectivity index is 1.51. The third-order valence-corrected chi connectivity index (χ3v) is 9.57. The van der Waals surface area contributed by atoms with E-state index in [1.165, 1.54) is 30.6 Å². The number of halogens is 3. The van der Waals surface area contributed by atoms with Crippen LogP contribution in [0.3, 0.4) is 0 Å². The number of anilines is 2. The quantitative estimate of drug-likeness (QED) is 0.400. The van der Waals surface area contributed by atoms with E-state index in [-0.39, 0.29) is 48.0 Å². The topological polar surface area (TPSA) is 125 Å². The lowest BCUT2D eigenvalue weighted by atomic mass is 9.85. The van der Waals surface area contributed by atoms with Gasteiger partial charge in [0.15, 0.2) is 0 Å². The van der Waals surface area contributed by atoms with Crippen LogP contribution < -0.4 is 14.4 Å². The summed E-state index contributed by atoms with van der Waals surface area (Å²) in [5.41, 5.74) is 0.851. The molecule has 0 radical (unpaired) electrons. The molecule has 1 saturated heterocycles. The van der Waals surface area contributed by atoms with Gasteiger partial charge >= 0.3 is 6.18 Å². The first-order chi connectivity index (χ1) is 17.9. The minimum atomic E-state index is -4.54. The van der Waals surface area contributed by atoms with Crippen LogP contribution in [0, 0.1) is 0 Å². The fraction of sp³-hybridized carbons (Fsp3) is 0.333. The molecule has 1 atom stereocenters. The summed E-state index contributed by atoms with van der Waals surface area (Å²) in [5.74, 6) is 0.0209. The second-order valence-corrected chi connectivity index (χ2v) is 13.1. The SMILES string of the molecule is O=S(=O)(Nc1ncccn1)c1ccc2c(c1)OCCC2c1ccc(C(F)(F)F)cc1N1CCS(O)(O)CC1. The van der Waals surface area contributed by atoms with Crippen LogP contribution in [0.25, 0.3) is 0 Å².